The van der Waals surface area contributed by atoms with E-state index in [1.807, 2.05) is 47.7 Å². The van der Waals surface area contributed by atoms with Crippen molar-refractivity contribution < 1.29 is 0 Å². The Balaban J connectivity index is 1.26. The number of hydrogen-bond acceptors (Lipinski definition) is 4. The Hall–Kier alpha value is -6.43. The third-order valence-corrected chi connectivity index (χ3v) is 10.7. The molecule has 0 aliphatic carbocycles. The zero-order valence-electron chi connectivity index (χ0n) is 26.9. The second-order valence-corrected chi connectivity index (χ2v) is 13.5. The molecule has 10 rings (SSSR count). The number of aromatic nitrogens is 4. The highest BCUT2D eigenvalue weighted by Gasteiger charge is 2.21. The summed E-state index contributed by atoms with van der Waals surface area (Å²) in [5, 5.41) is 4.93. The van der Waals surface area contributed by atoms with Gasteiger partial charge in [-0.2, -0.15) is 9.97 Å². The van der Waals surface area contributed by atoms with Crippen molar-refractivity contribution in [2.75, 3.05) is 0 Å². The van der Waals surface area contributed by atoms with Gasteiger partial charge in [0.15, 0.2) is 11.6 Å². The fourth-order valence-corrected chi connectivity index (χ4v) is 8.32. The van der Waals surface area contributed by atoms with Crippen LogP contribution in [0.1, 0.15) is 0 Å². The van der Waals surface area contributed by atoms with Gasteiger partial charge in [0.05, 0.1) is 11.0 Å². The highest BCUT2D eigenvalue weighted by atomic mass is 32.1. The first-order valence-corrected chi connectivity index (χ1v) is 17.5. The van der Waals surface area contributed by atoms with E-state index in [9.17, 15) is 0 Å². The minimum absolute atomic E-state index is 0.592. The highest BCUT2D eigenvalue weighted by molar-refractivity contribution is 7.26. The predicted molar refractivity (Wildman–Crippen MR) is 209 cm³/mol. The summed E-state index contributed by atoms with van der Waals surface area (Å²) in [6.07, 6.45) is 0. The first-order chi connectivity index (χ1) is 24.8. The molecule has 0 spiro atoms. The summed E-state index contributed by atoms with van der Waals surface area (Å²) in [7, 11) is 0. The van der Waals surface area contributed by atoms with Gasteiger partial charge in [-0.15, -0.1) is 11.3 Å². The molecule has 0 radical (unpaired) electrons. The van der Waals surface area contributed by atoms with Crippen molar-refractivity contribution in [1.82, 2.24) is 19.5 Å². The van der Waals surface area contributed by atoms with Crippen molar-refractivity contribution in [3.05, 3.63) is 170 Å². The molecule has 0 amide bonds. The molecule has 0 saturated heterocycles. The molecule has 3 aromatic heterocycles. The summed E-state index contributed by atoms with van der Waals surface area (Å²) < 4.78 is 4.79. The smallest absolute Gasteiger partial charge is 0.238 e. The van der Waals surface area contributed by atoms with Crippen LogP contribution in [0.4, 0.5) is 0 Å². The zero-order chi connectivity index (χ0) is 33.0. The fraction of sp³-hybridized carbons (Fsp3) is 0. The van der Waals surface area contributed by atoms with Crippen molar-refractivity contribution in [2.45, 2.75) is 0 Å². The maximum atomic E-state index is 5.19. The first kappa shape index (κ1) is 28.6. The van der Waals surface area contributed by atoms with Crippen LogP contribution in [0, 0.1) is 0 Å². The summed E-state index contributed by atoms with van der Waals surface area (Å²) in [5.74, 6) is 1.87. The summed E-state index contributed by atoms with van der Waals surface area (Å²) in [6, 6.07) is 59.7. The van der Waals surface area contributed by atoms with E-state index in [1.165, 1.54) is 42.1 Å². The molecular formula is C45H28N4S. The Morgan fingerprint density at radius 1 is 0.380 bits per heavy atom. The molecule has 0 fully saturated rings. The lowest BCUT2D eigenvalue weighted by atomic mass is 9.99. The molecule has 50 heavy (non-hydrogen) atoms. The van der Waals surface area contributed by atoms with E-state index >= 15 is 0 Å². The summed E-state index contributed by atoms with van der Waals surface area (Å²) in [4.78, 5) is 15.4. The molecule has 0 aliphatic heterocycles. The number of fused-ring (bicyclic) bond motifs is 7. The second-order valence-electron chi connectivity index (χ2n) is 12.5. The lowest BCUT2D eigenvalue weighted by molar-refractivity contribution is 0.954. The molecule has 5 heteroatoms. The predicted octanol–water partition coefficient (Wildman–Crippen LogP) is 12.0. The topological polar surface area (TPSA) is 43.6 Å². The molecule has 0 atom stereocenters. The van der Waals surface area contributed by atoms with Crippen LogP contribution in [-0.4, -0.2) is 19.5 Å². The largest absolute Gasteiger partial charge is 0.278 e. The maximum absolute atomic E-state index is 5.19. The van der Waals surface area contributed by atoms with Crippen LogP contribution in [0.3, 0.4) is 0 Å². The average molecular weight is 657 g/mol. The SMILES string of the molecule is c1ccc(-c2ccc(-c3ccc4c5c6sc7ccccc7c6ccc5n(-c5nc(-c6ccccc6)nc(-c6ccccc6)n5)c4c3)cc2)cc1. The van der Waals surface area contributed by atoms with E-state index in [1.54, 1.807) is 0 Å². The number of nitrogens with zero attached hydrogens (tertiary/aromatic N) is 4. The van der Waals surface area contributed by atoms with E-state index < -0.39 is 0 Å². The summed E-state index contributed by atoms with van der Waals surface area (Å²) in [6.45, 7) is 0. The molecule has 0 bridgehead atoms. The second kappa shape index (κ2) is 11.6. The zero-order valence-corrected chi connectivity index (χ0v) is 27.7. The Kier molecular flexibility index (Phi) is 6.64. The summed E-state index contributed by atoms with van der Waals surface area (Å²) >= 11 is 1.85. The molecule has 0 unspecified atom stereocenters. The molecule has 3 heterocycles. The van der Waals surface area contributed by atoms with Crippen LogP contribution in [0.15, 0.2) is 170 Å². The van der Waals surface area contributed by atoms with Gasteiger partial charge in [0.1, 0.15) is 0 Å². The first-order valence-electron chi connectivity index (χ1n) is 16.7. The normalized spacial score (nSPS) is 11.6. The van der Waals surface area contributed by atoms with Gasteiger partial charge in [-0.05, 0) is 40.5 Å². The fourth-order valence-electron chi connectivity index (χ4n) is 7.06. The lowest BCUT2D eigenvalue weighted by Gasteiger charge is -2.11. The van der Waals surface area contributed by atoms with E-state index in [0.29, 0.717) is 17.6 Å². The average Bonchev–Trinajstić information content (AvgIpc) is 3.74. The molecule has 0 aliphatic rings. The highest BCUT2D eigenvalue weighted by Crippen LogP contribution is 2.44. The van der Waals surface area contributed by atoms with Gasteiger partial charge < -0.3 is 0 Å². The number of hydrogen-bond donors (Lipinski definition) is 0. The maximum Gasteiger partial charge on any atom is 0.238 e. The van der Waals surface area contributed by atoms with Crippen molar-refractivity contribution >= 4 is 53.3 Å². The molecule has 0 N–H and O–H groups in total. The number of benzene rings is 7. The van der Waals surface area contributed by atoms with Crippen molar-refractivity contribution in [2.24, 2.45) is 0 Å². The lowest BCUT2D eigenvalue weighted by Crippen LogP contribution is -2.06. The van der Waals surface area contributed by atoms with Crippen LogP contribution in [0.2, 0.25) is 0 Å². The molecule has 4 nitrogen and oxygen atoms in total. The quantitative estimate of drug-likeness (QED) is 0.185. The van der Waals surface area contributed by atoms with E-state index in [2.05, 4.69) is 138 Å². The van der Waals surface area contributed by atoms with Crippen molar-refractivity contribution in [1.29, 1.82) is 0 Å². The Labute approximate surface area is 292 Å². The van der Waals surface area contributed by atoms with Gasteiger partial charge in [-0.3, -0.25) is 4.57 Å². The molecule has 7 aromatic carbocycles. The van der Waals surface area contributed by atoms with Gasteiger partial charge in [0.25, 0.3) is 0 Å². The Bertz CT molecular complexity index is 2780. The van der Waals surface area contributed by atoms with E-state index in [4.69, 9.17) is 15.0 Å². The van der Waals surface area contributed by atoms with Crippen LogP contribution in [0.5, 0.6) is 0 Å². The van der Waals surface area contributed by atoms with Crippen molar-refractivity contribution in [3.63, 3.8) is 0 Å². The van der Waals surface area contributed by atoms with E-state index in [0.717, 1.165) is 33.3 Å². The van der Waals surface area contributed by atoms with Gasteiger partial charge in [0, 0.05) is 42.1 Å². The molecule has 0 saturated carbocycles. The number of rotatable bonds is 5. The van der Waals surface area contributed by atoms with Crippen LogP contribution in [0.25, 0.3) is 93.0 Å². The van der Waals surface area contributed by atoms with E-state index in [-0.39, 0.29) is 0 Å². The Morgan fingerprint density at radius 3 is 1.56 bits per heavy atom. The van der Waals surface area contributed by atoms with Gasteiger partial charge in [-0.1, -0.05) is 152 Å². The van der Waals surface area contributed by atoms with Gasteiger partial charge >= 0.3 is 0 Å². The van der Waals surface area contributed by atoms with Crippen LogP contribution in [-0.2, 0) is 0 Å². The van der Waals surface area contributed by atoms with Crippen molar-refractivity contribution in [3.8, 4) is 51.0 Å². The minimum Gasteiger partial charge on any atom is -0.278 e. The standard InChI is InChI=1S/C45H28N4S/c1-4-12-29(13-5-1)30-20-22-31(23-21-30)34-24-25-37-39(28-34)49(38-27-26-36-35-18-10-11-19-40(35)50-42(36)41(37)38)45-47-43(32-14-6-2-7-15-32)46-44(48-45)33-16-8-3-9-17-33/h1-28H. The summed E-state index contributed by atoms with van der Waals surface area (Å²) in [5.41, 5.74) is 8.71. The van der Waals surface area contributed by atoms with Crippen LogP contribution < -0.4 is 0 Å². The monoisotopic (exact) mass is 656 g/mol. The molecular weight excluding hydrogens is 629 g/mol. The third-order valence-electron chi connectivity index (χ3n) is 9.49. The van der Waals surface area contributed by atoms with Crippen LogP contribution >= 0.6 is 11.3 Å². The minimum atomic E-state index is 0.592. The Morgan fingerprint density at radius 2 is 0.900 bits per heavy atom. The van der Waals surface area contributed by atoms with Gasteiger partial charge in [0.2, 0.25) is 5.95 Å². The molecule has 234 valence electrons. The third kappa shape index (κ3) is 4.71. The van der Waals surface area contributed by atoms with Gasteiger partial charge in [-0.25, -0.2) is 4.98 Å². The number of thiophene rings is 1. The molecule has 10 aromatic rings.